The van der Waals surface area contributed by atoms with E-state index >= 15 is 0 Å². The summed E-state index contributed by atoms with van der Waals surface area (Å²) < 4.78 is 1.17. The van der Waals surface area contributed by atoms with Gasteiger partial charge in [0.2, 0.25) is 0 Å². The SMILES string of the molecule is CC(C)N(Cc1cccc(Br)c1)CC1CCCN1. The normalized spacial score (nSPS) is 19.9. The first-order chi connectivity index (χ1) is 8.65. The van der Waals surface area contributed by atoms with Crippen LogP contribution in [0, 0.1) is 0 Å². The van der Waals surface area contributed by atoms with Gasteiger partial charge in [-0.05, 0) is 50.9 Å². The second-order valence-electron chi connectivity index (χ2n) is 5.45. The van der Waals surface area contributed by atoms with Crippen LogP contribution in [-0.4, -0.2) is 30.1 Å². The molecular weight excluding hydrogens is 288 g/mol. The minimum atomic E-state index is 0.589. The predicted octanol–water partition coefficient (Wildman–Crippen LogP) is 3.41. The summed E-state index contributed by atoms with van der Waals surface area (Å²) in [7, 11) is 0. The van der Waals surface area contributed by atoms with Crippen molar-refractivity contribution in [3.63, 3.8) is 0 Å². The summed E-state index contributed by atoms with van der Waals surface area (Å²) in [6.07, 6.45) is 2.65. The highest BCUT2D eigenvalue weighted by molar-refractivity contribution is 9.10. The first-order valence-electron chi connectivity index (χ1n) is 6.87. The molecule has 1 heterocycles. The van der Waals surface area contributed by atoms with Gasteiger partial charge in [-0.25, -0.2) is 0 Å². The highest BCUT2D eigenvalue weighted by Crippen LogP contribution is 2.16. The predicted molar refractivity (Wildman–Crippen MR) is 80.7 cm³/mol. The highest BCUT2D eigenvalue weighted by Gasteiger charge is 2.19. The average molecular weight is 311 g/mol. The molecular formula is C15H23BrN2. The molecule has 100 valence electrons. The first kappa shape index (κ1) is 14.0. The van der Waals surface area contributed by atoms with E-state index in [0.29, 0.717) is 12.1 Å². The maximum absolute atomic E-state index is 3.59. The molecule has 1 saturated heterocycles. The Bertz CT molecular complexity index is 373. The molecule has 1 aromatic rings. The van der Waals surface area contributed by atoms with Gasteiger partial charge in [0.25, 0.3) is 0 Å². The lowest BCUT2D eigenvalue weighted by Crippen LogP contribution is -2.40. The monoisotopic (exact) mass is 310 g/mol. The van der Waals surface area contributed by atoms with Crippen LogP contribution in [0.2, 0.25) is 0 Å². The Balaban J connectivity index is 1.97. The summed E-state index contributed by atoms with van der Waals surface area (Å²) in [6, 6.07) is 9.90. The molecule has 1 aliphatic rings. The number of benzene rings is 1. The van der Waals surface area contributed by atoms with Crippen LogP contribution in [0.4, 0.5) is 0 Å². The van der Waals surface area contributed by atoms with Crippen molar-refractivity contribution in [2.75, 3.05) is 13.1 Å². The topological polar surface area (TPSA) is 15.3 Å². The third-order valence-electron chi connectivity index (χ3n) is 3.62. The van der Waals surface area contributed by atoms with Crippen LogP contribution in [0.3, 0.4) is 0 Å². The number of nitrogens with zero attached hydrogens (tertiary/aromatic N) is 1. The number of hydrogen-bond acceptors (Lipinski definition) is 2. The van der Waals surface area contributed by atoms with Crippen molar-refractivity contribution in [3.05, 3.63) is 34.3 Å². The molecule has 2 rings (SSSR count). The van der Waals surface area contributed by atoms with Gasteiger partial charge in [0.05, 0.1) is 0 Å². The van der Waals surface area contributed by atoms with Crippen LogP contribution < -0.4 is 5.32 Å². The van der Waals surface area contributed by atoms with Crippen molar-refractivity contribution >= 4 is 15.9 Å². The van der Waals surface area contributed by atoms with Gasteiger partial charge in [-0.3, -0.25) is 4.90 Å². The standard InChI is InChI=1S/C15H23BrN2/c1-12(2)18(11-15-7-4-8-17-15)10-13-5-3-6-14(16)9-13/h3,5-6,9,12,15,17H,4,7-8,10-11H2,1-2H3. The molecule has 0 bridgehead atoms. The van der Waals surface area contributed by atoms with Gasteiger partial charge < -0.3 is 5.32 Å². The van der Waals surface area contributed by atoms with Crippen molar-refractivity contribution in [3.8, 4) is 0 Å². The van der Waals surface area contributed by atoms with E-state index in [9.17, 15) is 0 Å². The van der Waals surface area contributed by atoms with Crippen LogP contribution in [0.25, 0.3) is 0 Å². The number of nitrogens with one attached hydrogen (secondary N) is 1. The molecule has 1 fully saturated rings. The molecule has 1 unspecified atom stereocenters. The lowest BCUT2D eigenvalue weighted by molar-refractivity contribution is 0.194. The summed E-state index contributed by atoms with van der Waals surface area (Å²) in [5.41, 5.74) is 1.39. The van der Waals surface area contributed by atoms with Crippen molar-refractivity contribution in [2.45, 2.75) is 45.3 Å². The van der Waals surface area contributed by atoms with E-state index in [1.54, 1.807) is 0 Å². The minimum Gasteiger partial charge on any atom is -0.313 e. The Morgan fingerprint density at radius 1 is 1.44 bits per heavy atom. The third kappa shape index (κ3) is 4.08. The highest BCUT2D eigenvalue weighted by atomic mass is 79.9. The molecule has 3 heteroatoms. The quantitative estimate of drug-likeness (QED) is 0.896. The first-order valence-corrected chi connectivity index (χ1v) is 7.66. The lowest BCUT2D eigenvalue weighted by atomic mass is 10.1. The van der Waals surface area contributed by atoms with E-state index in [1.165, 1.54) is 29.4 Å². The number of halogens is 1. The molecule has 1 atom stereocenters. The second-order valence-corrected chi connectivity index (χ2v) is 6.36. The van der Waals surface area contributed by atoms with Gasteiger partial charge in [0, 0.05) is 29.6 Å². The molecule has 1 aromatic carbocycles. The zero-order valence-electron chi connectivity index (χ0n) is 11.3. The molecule has 0 saturated carbocycles. The molecule has 0 aliphatic carbocycles. The van der Waals surface area contributed by atoms with Crippen LogP contribution >= 0.6 is 15.9 Å². The molecule has 0 aromatic heterocycles. The number of hydrogen-bond donors (Lipinski definition) is 1. The Morgan fingerprint density at radius 3 is 2.89 bits per heavy atom. The van der Waals surface area contributed by atoms with Crippen LogP contribution in [0.15, 0.2) is 28.7 Å². The van der Waals surface area contributed by atoms with Gasteiger partial charge in [-0.15, -0.1) is 0 Å². The van der Waals surface area contributed by atoms with Gasteiger partial charge in [0.1, 0.15) is 0 Å². The molecule has 0 radical (unpaired) electrons. The smallest absolute Gasteiger partial charge is 0.0237 e. The molecule has 1 aliphatic heterocycles. The molecule has 0 amide bonds. The minimum absolute atomic E-state index is 0.589. The zero-order chi connectivity index (χ0) is 13.0. The summed E-state index contributed by atoms with van der Waals surface area (Å²) in [5.74, 6) is 0. The van der Waals surface area contributed by atoms with Gasteiger partial charge in [-0.1, -0.05) is 28.1 Å². The van der Waals surface area contributed by atoms with E-state index in [2.05, 4.69) is 64.3 Å². The fraction of sp³-hybridized carbons (Fsp3) is 0.600. The third-order valence-corrected chi connectivity index (χ3v) is 4.12. The Labute approximate surface area is 119 Å². The van der Waals surface area contributed by atoms with E-state index in [0.717, 1.165) is 13.1 Å². The van der Waals surface area contributed by atoms with E-state index in [1.807, 2.05) is 0 Å². The summed E-state index contributed by atoms with van der Waals surface area (Å²) in [5, 5.41) is 3.59. The Morgan fingerprint density at radius 2 is 2.28 bits per heavy atom. The maximum Gasteiger partial charge on any atom is 0.0237 e. The molecule has 18 heavy (non-hydrogen) atoms. The fourth-order valence-electron chi connectivity index (χ4n) is 2.52. The zero-order valence-corrected chi connectivity index (χ0v) is 12.9. The largest absolute Gasteiger partial charge is 0.313 e. The summed E-state index contributed by atoms with van der Waals surface area (Å²) in [6.45, 7) is 7.95. The van der Waals surface area contributed by atoms with Crippen molar-refractivity contribution in [1.29, 1.82) is 0 Å². The van der Waals surface area contributed by atoms with E-state index in [4.69, 9.17) is 0 Å². The average Bonchev–Trinajstić information content (AvgIpc) is 2.81. The van der Waals surface area contributed by atoms with E-state index < -0.39 is 0 Å². The van der Waals surface area contributed by atoms with Crippen molar-refractivity contribution in [1.82, 2.24) is 10.2 Å². The maximum atomic E-state index is 3.59. The van der Waals surface area contributed by atoms with Gasteiger partial charge in [0.15, 0.2) is 0 Å². The molecule has 1 N–H and O–H groups in total. The molecule has 0 spiro atoms. The second kappa shape index (κ2) is 6.69. The summed E-state index contributed by atoms with van der Waals surface area (Å²) >= 11 is 3.55. The molecule has 2 nitrogen and oxygen atoms in total. The fourth-order valence-corrected chi connectivity index (χ4v) is 2.97. The Kier molecular flexibility index (Phi) is 5.22. The van der Waals surface area contributed by atoms with Gasteiger partial charge >= 0.3 is 0 Å². The van der Waals surface area contributed by atoms with E-state index in [-0.39, 0.29) is 0 Å². The number of rotatable bonds is 5. The van der Waals surface area contributed by atoms with Crippen LogP contribution in [0.1, 0.15) is 32.3 Å². The van der Waals surface area contributed by atoms with Crippen molar-refractivity contribution in [2.24, 2.45) is 0 Å². The Hall–Kier alpha value is -0.380. The van der Waals surface area contributed by atoms with Crippen molar-refractivity contribution < 1.29 is 0 Å². The summed E-state index contributed by atoms with van der Waals surface area (Å²) in [4.78, 5) is 2.56. The van der Waals surface area contributed by atoms with Crippen LogP contribution in [0.5, 0.6) is 0 Å². The van der Waals surface area contributed by atoms with Crippen LogP contribution in [-0.2, 0) is 6.54 Å². The van der Waals surface area contributed by atoms with Gasteiger partial charge in [-0.2, -0.15) is 0 Å². The lowest BCUT2D eigenvalue weighted by Gasteiger charge is -2.29.